The third-order valence-corrected chi connectivity index (χ3v) is 4.37. The van der Waals surface area contributed by atoms with Crippen LogP contribution in [0, 0.1) is 11.6 Å². The lowest BCUT2D eigenvalue weighted by atomic mass is 10.1. The molecule has 0 saturated carbocycles. The van der Waals surface area contributed by atoms with Crippen molar-refractivity contribution in [1.82, 2.24) is 0 Å². The van der Waals surface area contributed by atoms with Gasteiger partial charge in [-0.2, -0.15) is 0 Å². The maximum Gasteiger partial charge on any atom is 0.266 e. The molecule has 6 nitrogen and oxygen atoms in total. The number of hydrogen-bond donors (Lipinski definition) is 0. The first-order valence-corrected chi connectivity index (χ1v) is 7.98. The zero-order chi connectivity index (χ0) is 19.3. The van der Waals surface area contributed by atoms with E-state index in [0.717, 1.165) is 18.2 Å². The fraction of sp³-hybridized carbons (Fsp3) is 0.105. The lowest BCUT2D eigenvalue weighted by molar-refractivity contribution is -0.121. The molecule has 2 aromatic carbocycles. The number of carbonyl (C=O) groups excluding carboxylic acids is 3. The van der Waals surface area contributed by atoms with Crippen molar-refractivity contribution in [2.45, 2.75) is 0 Å². The molecule has 2 heterocycles. The highest BCUT2D eigenvalue weighted by molar-refractivity contribution is 6.34. The first kappa shape index (κ1) is 16.9. The standard InChI is InChI=1S/C19H12F2N2O4/c1-2-5-22-15-8-14(13(21)7-16(15)27-9-17(22)24)23-18(25)11-4-3-10(20)6-12(11)19(23)26/h2-4,6-8H,1,5,9H2. The summed E-state index contributed by atoms with van der Waals surface area (Å²) in [4.78, 5) is 39.2. The number of carbonyl (C=O) groups is 3. The minimum Gasteiger partial charge on any atom is -0.481 e. The average molecular weight is 370 g/mol. The molecule has 0 bridgehead atoms. The van der Waals surface area contributed by atoms with Crippen LogP contribution in [-0.2, 0) is 4.79 Å². The number of hydrogen-bond acceptors (Lipinski definition) is 4. The molecule has 3 amide bonds. The summed E-state index contributed by atoms with van der Waals surface area (Å²) in [6.07, 6.45) is 1.49. The van der Waals surface area contributed by atoms with Crippen molar-refractivity contribution < 1.29 is 27.9 Å². The Balaban J connectivity index is 1.84. The normalized spacial score (nSPS) is 15.6. The summed E-state index contributed by atoms with van der Waals surface area (Å²) < 4.78 is 33.4. The Bertz CT molecular complexity index is 1030. The van der Waals surface area contributed by atoms with Crippen molar-refractivity contribution in [3.05, 3.63) is 65.7 Å². The number of ether oxygens (including phenoxy) is 1. The Kier molecular flexibility index (Phi) is 3.76. The van der Waals surface area contributed by atoms with Crippen molar-refractivity contribution in [2.75, 3.05) is 23.0 Å². The number of halogens is 2. The maximum absolute atomic E-state index is 14.7. The topological polar surface area (TPSA) is 66.9 Å². The van der Waals surface area contributed by atoms with Crippen LogP contribution in [0.1, 0.15) is 20.7 Å². The van der Waals surface area contributed by atoms with Gasteiger partial charge in [0.1, 0.15) is 11.6 Å². The number of rotatable bonds is 3. The van der Waals surface area contributed by atoms with Gasteiger partial charge in [-0.3, -0.25) is 14.4 Å². The van der Waals surface area contributed by atoms with Crippen molar-refractivity contribution in [2.24, 2.45) is 0 Å². The second-order valence-corrected chi connectivity index (χ2v) is 5.99. The molecule has 2 aliphatic heterocycles. The van der Waals surface area contributed by atoms with Crippen molar-refractivity contribution in [3.8, 4) is 5.75 Å². The van der Waals surface area contributed by atoms with Gasteiger partial charge < -0.3 is 9.64 Å². The zero-order valence-corrected chi connectivity index (χ0v) is 13.9. The highest BCUT2D eigenvalue weighted by atomic mass is 19.1. The number of fused-ring (bicyclic) bond motifs is 2. The minimum absolute atomic E-state index is 0.0196. The van der Waals surface area contributed by atoms with Gasteiger partial charge >= 0.3 is 0 Å². The van der Waals surface area contributed by atoms with Crippen LogP contribution >= 0.6 is 0 Å². The van der Waals surface area contributed by atoms with Crippen LogP contribution in [0.3, 0.4) is 0 Å². The Morgan fingerprint density at radius 1 is 1.04 bits per heavy atom. The Morgan fingerprint density at radius 3 is 2.52 bits per heavy atom. The van der Waals surface area contributed by atoms with Crippen molar-refractivity contribution in [3.63, 3.8) is 0 Å². The summed E-state index contributed by atoms with van der Waals surface area (Å²) in [5.74, 6) is -3.43. The van der Waals surface area contributed by atoms with E-state index in [-0.39, 0.29) is 47.3 Å². The second kappa shape index (κ2) is 6.01. The molecule has 0 fully saturated rings. The predicted molar refractivity (Wildman–Crippen MR) is 92.0 cm³/mol. The summed E-state index contributed by atoms with van der Waals surface area (Å²) in [7, 11) is 0. The molecular formula is C19H12F2N2O4. The molecule has 2 aromatic rings. The summed E-state index contributed by atoms with van der Waals surface area (Å²) in [6, 6.07) is 5.37. The van der Waals surface area contributed by atoms with Gasteiger partial charge in [0.05, 0.1) is 22.5 Å². The minimum atomic E-state index is -0.878. The van der Waals surface area contributed by atoms with E-state index in [1.807, 2.05) is 0 Å². The molecule has 0 N–H and O–H groups in total. The van der Waals surface area contributed by atoms with Gasteiger partial charge in [-0.05, 0) is 24.3 Å². The first-order valence-electron chi connectivity index (χ1n) is 7.98. The van der Waals surface area contributed by atoms with Gasteiger partial charge in [-0.1, -0.05) is 6.08 Å². The van der Waals surface area contributed by atoms with E-state index in [1.54, 1.807) is 0 Å². The van der Waals surface area contributed by atoms with Gasteiger partial charge in [0.2, 0.25) is 0 Å². The van der Waals surface area contributed by atoms with Gasteiger partial charge in [0.15, 0.2) is 12.4 Å². The van der Waals surface area contributed by atoms with E-state index >= 15 is 0 Å². The molecular weight excluding hydrogens is 358 g/mol. The maximum atomic E-state index is 14.7. The average Bonchev–Trinajstić information content (AvgIpc) is 2.88. The Morgan fingerprint density at radius 2 is 1.78 bits per heavy atom. The second-order valence-electron chi connectivity index (χ2n) is 5.99. The van der Waals surface area contributed by atoms with Gasteiger partial charge in [0, 0.05) is 12.6 Å². The highest BCUT2D eigenvalue weighted by Gasteiger charge is 2.39. The van der Waals surface area contributed by atoms with E-state index in [2.05, 4.69) is 6.58 Å². The fourth-order valence-electron chi connectivity index (χ4n) is 3.14. The van der Waals surface area contributed by atoms with Crippen LogP contribution in [0.2, 0.25) is 0 Å². The summed E-state index contributed by atoms with van der Waals surface area (Å²) in [5.41, 5.74) is -0.292. The van der Waals surface area contributed by atoms with E-state index in [4.69, 9.17) is 4.74 Å². The van der Waals surface area contributed by atoms with Gasteiger partial charge in [-0.15, -0.1) is 6.58 Å². The molecule has 4 rings (SSSR count). The number of nitrogens with zero attached hydrogens (tertiary/aromatic N) is 2. The number of imide groups is 1. The lowest BCUT2D eigenvalue weighted by Gasteiger charge is -2.29. The number of anilines is 2. The van der Waals surface area contributed by atoms with E-state index in [1.165, 1.54) is 23.1 Å². The largest absolute Gasteiger partial charge is 0.481 e. The molecule has 0 aliphatic carbocycles. The lowest BCUT2D eigenvalue weighted by Crippen LogP contribution is -2.39. The predicted octanol–water partition coefficient (Wildman–Crippen LogP) is 2.68. The van der Waals surface area contributed by atoms with Crippen LogP contribution in [0.5, 0.6) is 5.75 Å². The zero-order valence-electron chi connectivity index (χ0n) is 13.9. The van der Waals surface area contributed by atoms with Gasteiger partial charge in [0.25, 0.3) is 17.7 Å². The molecule has 0 unspecified atom stereocenters. The monoisotopic (exact) mass is 370 g/mol. The molecule has 0 saturated heterocycles. The molecule has 0 radical (unpaired) electrons. The third-order valence-electron chi connectivity index (χ3n) is 4.37. The van der Waals surface area contributed by atoms with Crippen molar-refractivity contribution >= 4 is 29.1 Å². The fourth-order valence-corrected chi connectivity index (χ4v) is 3.14. The smallest absolute Gasteiger partial charge is 0.266 e. The molecule has 27 heavy (non-hydrogen) atoms. The molecule has 2 aliphatic rings. The van der Waals surface area contributed by atoms with Crippen LogP contribution in [0.25, 0.3) is 0 Å². The van der Waals surface area contributed by atoms with Crippen LogP contribution in [-0.4, -0.2) is 30.9 Å². The van der Waals surface area contributed by atoms with E-state index in [9.17, 15) is 23.2 Å². The third kappa shape index (κ3) is 2.49. The van der Waals surface area contributed by atoms with Gasteiger partial charge in [-0.25, -0.2) is 13.7 Å². The van der Waals surface area contributed by atoms with Crippen LogP contribution < -0.4 is 14.5 Å². The Labute approximate surface area is 152 Å². The first-order chi connectivity index (χ1) is 12.9. The van der Waals surface area contributed by atoms with E-state index < -0.39 is 23.4 Å². The van der Waals surface area contributed by atoms with Crippen molar-refractivity contribution in [1.29, 1.82) is 0 Å². The number of benzene rings is 2. The number of amides is 3. The SMILES string of the molecule is C=CCN1C(=O)COc2cc(F)c(N3C(=O)c4ccc(F)cc4C3=O)cc21. The molecule has 0 spiro atoms. The molecule has 0 aromatic heterocycles. The molecule has 0 atom stereocenters. The van der Waals surface area contributed by atoms with Crippen LogP contribution in [0.4, 0.5) is 20.2 Å². The Hall–Kier alpha value is -3.55. The highest BCUT2D eigenvalue weighted by Crippen LogP contribution is 2.40. The van der Waals surface area contributed by atoms with Crippen LogP contribution in [0.15, 0.2) is 43.0 Å². The summed E-state index contributed by atoms with van der Waals surface area (Å²) in [5, 5.41) is 0. The summed E-state index contributed by atoms with van der Waals surface area (Å²) >= 11 is 0. The van der Waals surface area contributed by atoms with E-state index in [0.29, 0.717) is 4.90 Å². The quantitative estimate of drug-likeness (QED) is 0.616. The molecule has 8 heteroatoms. The summed E-state index contributed by atoms with van der Waals surface area (Å²) in [6.45, 7) is 3.46. The molecule has 136 valence electrons.